The van der Waals surface area contributed by atoms with Crippen LogP contribution in [0.2, 0.25) is 0 Å². The van der Waals surface area contributed by atoms with E-state index in [1.165, 1.54) is 12.1 Å². The lowest BCUT2D eigenvalue weighted by Gasteiger charge is -2.36. The van der Waals surface area contributed by atoms with Gasteiger partial charge in [0.05, 0.1) is 45.2 Å². The molecule has 0 aliphatic carbocycles. The molecule has 0 spiro atoms. The van der Waals surface area contributed by atoms with Crippen LogP contribution in [-0.4, -0.2) is 54.9 Å². The zero-order valence-corrected chi connectivity index (χ0v) is 21.9. The number of anilines is 2. The summed E-state index contributed by atoms with van der Waals surface area (Å²) in [5.74, 6) is -0.928. The molecule has 1 aliphatic rings. The number of aliphatic hydroxyl groups excluding tert-OH is 1. The van der Waals surface area contributed by atoms with Gasteiger partial charge in [0.25, 0.3) is 0 Å². The Kier molecular flexibility index (Phi) is 8.76. The van der Waals surface area contributed by atoms with Crippen LogP contribution in [0.4, 0.5) is 20.6 Å². The van der Waals surface area contributed by atoms with Gasteiger partial charge in [-0.25, -0.2) is 9.18 Å². The number of benzene rings is 3. The van der Waals surface area contributed by atoms with Crippen molar-refractivity contribution < 1.29 is 28.3 Å². The van der Waals surface area contributed by atoms with E-state index in [0.717, 1.165) is 47.1 Å². The molecule has 3 aromatic rings. The lowest BCUT2D eigenvalue weighted by Crippen LogP contribution is -2.48. The van der Waals surface area contributed by atoms with Gasteiger partial charge in [-0.2, -0.15) is 0 Å². The maximum absolute atomic E-state index is 14.2. The third-order valence-electron chi connectivity index (χ3n) is 6.92. The predicted molar refractivity (Wildman–Crippen MR) is 146 cm³/mol. The Hall–Kier alpha value is -3.75. The van der Waals surface area contributed by atoms with Crippen LogP contribution in [0.3, 0.4) is 0 Å². The highest BCUT2D eigenvalue weighted by molar-refractivity contribution is 5.92. The van der Waals surface area contributed by atoms with E-state index in [2.05, 4.69) is 24.7 Å². The van der Waals surface area contributed by atoms with Crippen molar-refractivity contribution in [3.05, 3.63) is 83.7 Å². The molecule has 0 radical (unpaired) electrons. The molecule has 0 saturated carbocycles. The molecule has 0 atom stereocenters. The standard InChI is InChI=1S/C30H34FN3O4/c1-34(2)16-14-24(15-17-34)38-30(37)33-28-19-21(8-11-25(28)23-6-4-3-5-7-23)10-13-29(36)32-27-12-9-22(20-35)18-26(27)31/h3-9,11-12,18-19,24,35H,10,13-17,20H2,1-2H3,(H-,32,33,36,37)/p+1. The van der Waals surface area contributed by atoms with Crippen LogP contribution >= 0.6 is 0 Å². The van der Waals surface area contributed by atoms with Gasteiger partial charge in [0, 0.05) is 24.8 Å². The Balaban J connectivity index is 1.43. The van der Waals surface area contributed by atoms with Crippen molar-refractivity contribution in [1.29, 1.82) is 0 Å². The lowest BCUT2D eigenvalue weighted by atomic mass is 9.99. The van der Waals surface area contributed by atoms with Gasteiger partial charge in [-0.15, -0.1) is 0 Å². The summed E-state index contributed by atoms with van der Waals surface area (Å²) < 4.78 is 20.8. The molecule has 2 amide bonds. The summed E-state index contributed by atoms with van der Waals surface area (Å²) in [4.78, 5) is 25.3. The maximum Gasteiger partial charge on any atom is 0.411 e. The number of nitrogens with one attached hydrogen (secondary N) is 2. The van der Waals surface area contributed by atoms with Gasteiger partial charge in [-0.1, -0.05) is 48.5 Å². The predicted octanol–water partition coefficient (Wildman–Crippen LogP) is 5.34. The van der Waals surface area contributed by atoms with Crippen molar-refractivity contribution in [3.8, 4) is 11.1 Å². The van der Waals surface area contributed by atoms with Gasteiger partial charge in [-0.3, -0.25) is 10.1 Å². The zero-order valence-electron chi connectivity index (χ0n) is 21.9. The Labute approximate surface area is 222 Å². The summed E-state index contributed by atoms with van der Waals surface area (Å²) in [6.45, 7) is 1.65. The van der Waals surface area contributed by atoms with Crippen molar-refractivity contribution >= 4 is 23.4 Å². The summed E-state index contributed by atoms with van der Waals surface area (Å²) in [7, 11) is 4.36. The Morgan fingerprint density at radius 3 is 2.34 bits per heavy atom. The quantitative estimate of drug-likeness (QED) is 0.350. The van der Waals surface area contributed by atoms with Crippen molar-refractivity contribution in [2.75, 3.05) is 37.8 Å². The zero-order chi connectivity index (χ0) is 27.1. The topological polar surface area (TPSA) is 87.7 Å². The number of ether oxygens (including phenoxy) is 1. The first kappa shape index (κ1) is 27.3. The summed E-state index contributed by atoms with van der Waals surface area (Å²) in [5.41, 5.74) is 3.76. The molecule has 38 heavy (non-hydrogen) atoms. The van der Waals surface area contributed by atoms with E-state index in [1.54, 1.807) is 6.07 Å². The molecule has 7 nitrogen and oxygen atoms in total. The number of carbonyl (C=O) groups is 2. The summed E-state index contributed by atoms with van der Waals surface area (Å²) in [5, 5.41) is 14.6. The van der Waals surface area contributed by atoms with Crippen molar-refractivity contribution in [2.24, 2.45) is 0 Å². The molecule has 3 N–H and O–H groups in total. The molecule has 200 valence electrons. The van der Waals surface area contributed by atoms with E-state index < -0.39 is 11.9 Å². The van der Waals surface area contributed by atoms with E-state index in [4.69, 9.17) is 9.84 Å². The van der Waals surface area contributed by atoms with Crippen LogP contribution in [-0.2, 0) is 22.6 Å². The second-order valence-corrected chi connectivity index (χ2v) is 10.4. The lowest BCUT2D eigenvalue weighted by molar-refractivity contribution is -0.896. The SMILES string of the molecule is C[N+]1(C)CCC(OC(=O)Nc2cc(CCC(=O)Nc3ccc(CO)cc3F)ccc2-c2ccccc2)CC1. The largest absolute Gasteiger partial charge is 0.446 e. The maximum atomic E-state index is 14.2. The van der Waals surface area contributed by atoms with E-state index in [-0.39, 0.29) is 30.7 Å². The van der Waals surface area contributed by atoms with E-state index in [9.17, 15) is 14.0 Å². The fraction of sp³-hybridized carbons (Fsp3) is 0.333. The number of piperidine rings is 1. The van der Waals surface area contributed by atoms with Crippen LogP contribution in [0.1, 0.15) is 30.4 Å². The number of hydrogen-bond donors (Lipinski definition) is 3. The number of hydrogen-bond acceptors (Lipinski definition) is 4. The first-order valence-electron chi connectivity index (χ1n) is 12.9. The number of quaternary nitrogens is 1. The number of likely N-dealkylation sites (tertiary alicyclic amines) is 1. The molecule has 4 rings (SSSR count). The van der Waals surface area contributed by atoms with Crippen LogP contribution in [0.25, 0.3) is 11.1 Å². The van der Waals surface area contributed by atoms with E-state index >= 15 is 0 Å². The molecule has 1 heterocycles. The summed E-state index contributed by atoms with van der Waals surface area (Å²) in [6.07, 6.45) is 1.58. The molecule has 0 unspecified atom stereocenters. The summed E-state index contributed by atoms with van der Waals surface area (Å²) >= 11 is 0. The molecule has 8 heteroatoms. The van der Waals surface area contributed by atoms with Crippen molar-refractivity contribution in [3.63, 3.8) is 0 Å². The summed E-state index contributed by atoms with van der Waals surface area (Å²) in [6, 6.07) is 19.6. The minimum absolute atomic E-state index is 0.0710. The Bertz CT molecular complexity index is 1270. The first-order chi connectivity index (χ1) is 18.2. The van der Waals surface area contributed by atoms with E-state index in [1.807, 2.05) is 48.5 Å². The molecule has 3 aromatic carbocycles. The number of aliphatic hydroxyl groups is 1. The minimum Gasteiger partial charge on any atom is -0.446 e. The first-order valence-corrected chi connectivity index (χ1v) is 12.9. The number of amides is 2. The second-order valence-electron chi connectivity index (χ2n) is 10.4. The molecule has 1 aliphatic heterocycles. The number of aryl methyl sites for hydroxylation is 1. The van der Waals surface area contributed by atoms with Gasteiger partial charge >= 0.3 is 6.09 Å². The number of rotatable bonds is 8. The number of halogens is 1. The van der Waals surface area contributed by atoms with Gasteiger partial charge in [0.2, 0.25) is 5.91 Å². The Morgan fingerprint density at radius 2 is 1.66 bits per heavy atom. The minimum atomic E-state index is -0.595. The van der Waals surface area contributed by atoms with Gasteiger partial charge in [0.1, 0.15) is 11.9 Å². The fourth-order valence-corrected chi connectivity index (χ4v) is 4.60. The Morgan fingerprint density at radius 1 is 0.947 bits per heavy atom. The average Bonchev–Trinajstić information content (AvgIpc) is 2.90. The average molecular weight is 521 g/mol. The fourth-order valence-electron chi connectivity index (χ4n) is 4.60. The highest BCUT2D eigenvalue weighted by atomic mass is 19.1. The molecule has 1 fully saturated rings. The molecular formula is C30H35FN3O4+. The van der Waals surface area contributed by atoms with Crippen LogP contribution < -0.4 is 10.6 Å². The number of carbonyl (C=O) groups excluding carboxylic acids is 2. The molecular weight excluding hydrogens is 485 g/mol. The highest BCUT2D eigenvalue weighted by Gasteiger charge is 2.28. The monoisotopic (exact) mass is 520 g/mol. The van der Waals surface area contributed by atoms with Gasteiger partial charge in [0.15, 0.2) is 0 Å². The molecule has 0 bridgehead atoms. The normalized spacial score (nSPS) is 15.1. The van der Waals surface area contributed by atoms with Crippen LogP contribution in [0, 0.1) is 5.82 Å². The molecule has 1 saturated heterocycles. The highest BCUT2D eigenvalue weighted by Crippen LogP contribution is 2.30. The molecule has 0 aromatic heterocycles. The second kappa shape index (κ2) is 12.2. The van der Waals surface area contributed by atoms with Crippen LogP contribution in [0.5, 0.6) is 0 Å². The van der Waals surface area contributed by atoms with Gasteiger partial charge < -0.3 is 19.6 Å². The van der Waals surface area contributed by atoms with Crippen molar-refractivity contribution in [1.82, 2.24) is 0 Å². The van der Waals surface area contributed by atoms with Crippen LogP contribution in [0.15, 0.2) is 66.7 Å². The third-order valence-corrected chi connectivity index (χ3v) is 6.92. The van der Waals surface area contributed by atoms with Gasteiger partial charge in [-0.05, 0) is 41.3 Å². The third kappa shape index (κ3) is 7.40. The van der Waals surface area contributed by atoms with Crippen molar-refractivity contribution in [2.45, 2.75) is 38.4 Å². The van der Waals surface area contributed by atoms with E-state index in [0.29, 0.717) is 17.7 Å². The smallest absolute Gasteiger partial charge is 0.411 e. The number of nitrogens with zero attached hydrogens (tertiary/aromatic N) is 1.